The lowest BCUT2D eigenvalue weighted by molar-refractivity contribution is 0.0595. The third-order valence-electron chi connectivity index (χ3n) is 1.87. The molecule has 8 nitrogen and oxygen atoms in total. The molecule has 0 fully saturated rings. The average Bonchev–Trinajstić information content (AvgIpc) is 2.84. The topological polar surface area (TPSA) is 109 Å². The SMILES string of the molecule is COC(=O)c1n[nH]nc1-c1n[nH]nc1C. The van der Waals surface area contributed by atoms with Crippen LogP contribution in [0.2, 0.25) is 0 Å². The molecule has 0 atom stereocenters. The van der Waals surface area contributed by atoms with E-state index in [-0.39, 0.29) is 5.69 Å². The van der Waals surface area contributed by atoms with Crippen LogP contribution in [-0.2, 0) is 4.74 Å². The van der Waals surface area contributed by atoms with Crippen LogP contribution in [0.5, 0.6) is 0 Å². The second kappa shape index (κ2) is 3.48. The maximum Gasteiger partial charge on any atom is 0.361 e. The Kier molecular flexibility index (Phi) is 2.16. The number of hydrogen-bond acceptors (Lipinski definition) is 6. The molecule has 8 heteroatoms. The van der Waals surface area contributed by atoms with Gasteiger partial charge in [0.25, 0.3) is 0 Å². The first kappa shape index (κ1) is 9.31. The van der Waals surface area contributed by atoms with Crippen molar-refractivity contribution in [2.75, 3.05) is 7.11 Å². The van der Waals surface area contributed by atoms with Gasteiger partial charge in [0.15, 0.2) is 5.69 Å². The van der Waals surface area contributed by atoms with Crippen molar-refractivity contribution in [1.82, 2.24) is 30.8 Å². The summed E-state index contributed by atoms with van der Waals surface area (Å²) in [5.41, 5.74) is 1.53. The number of carbonyl (C=O) groups excluding carboxylic acids is 1. The van der Waals surface area contributed by atoms with Gasteiger partial charge in [-0.1, -0.05) is 0 Å². The van der Waals surface area contributed by atoms with Gasteiger partial charge in [0.05, 0.1) is 12.8 Å². The predicted molar refractivity (Wildman–Crippen MR) is 47.8 cm³/mol. The summed E-state index contributed by atoms with van der Waals surface area (Å²) in [6, 6.07) is 0. The van der Waals surface area contributed by atoms with Crippen LogP contribution in [0, 0.1) is 6.92 Å². The first-order chi connectivity index (χ1) is 7.24. The fraction of sp³-hybridized carbons (Fsp3) is 0.286. The number of H-pyrrole nitrogens is 2. The Labute approximate surface area is 84.0 Å². The summed E-state index contributed by atoms with van der Waals surface area (Å²) < 4.78 is 4.55. The minimum atomic E-state index is -0.568. The number of aromatic nitrogens is 6. The standard InChI is InChI=1S/C7H8N6O2/c1-3-4(9-12-8-3)5-6(7(14)15-2)11-13-10-5/h1-2H3,(H,8,9,12)(H,10,11,13). The van der Waals surface area contributed by atoms with Crippen molar-refractivity contribution in [2.45, 2.75) is 6.92 Å². The molecule has 2 aromatic heterocycles. The Bertz CT molecular complexity index is 487. The lowest BCUT2D eigenvalue weighted by atomic mass is 10.2. The van der Waals surface area contributed by atoms with Crippen molar-refractivity contribution in [3.05, 3.63) is 11.4 Å². The number of nitrogens with one attached hydrogen (secondary N) is 2. The average molecular weight is 208 g/mol. The summed E-state index contributed by atoms with van der Waals surface area (Å²) in [6.45, 7) is 1.74. The lowest BCUT2D eigenvalue weighted by Crippen LogP contribution is -2.04. The van der Waals surface area contributed by atoms with Gasteiger partial charge in [-0.15, -0.1) is 5.10 Å². The van der Waals surface area contributed by atoms with Crippen LogP contribution in [0.4, 0.5) is 0 Å². The van der Waals surface area contributed by atoms with Crippen LogP contribution >= 0.6 is 0 Å². The maximum absolute atomic E-state index is 11.3. The summed E-state index contributed by atoms with van der Waals surface area (Å²) in [5.74, 6) is -0.568. The normalized spacial score (nSPS) is 10.3. The zero-order valence-corrected chi connectivity index (χ0v) is 8.11. The van der Waals surface area contributed by atoms with Gasteiger partial charge in [-0.05, 0) is 6.92 Å². The zero-order valence-electron chi connectivity index (χ0n) is 8.11. The summed E-state index contributed by atoms with van der Waals surface area (Å²) >= 11 is 0. The largest absolute Gasteiger partial charge is 0.464 e. The molecule has 0 aliphatic rings. The van der Waals surface area contributed by atoms with E-state index in [4.69, 9.17) is 0 Å². The third-order valence-corrected chi connectivity index (χ3v) is 1.87. The monoisotopic (exact) mass is 208 g/mol. The molecule has 0 aromatic carbocycles. The minimum absolute atomic E-state index is 0.0921. The molecule has 2 rings (SSSR count). The molecule has 2 N–H and O–H groups in total. The molecule has 0 aliphatic heterocycles. The van der Waals surface area contributed by atoms with E-state index >= 15 is 0 Å². The highest BCUT2D eigenvalue weighted by Crippen LogP contribution is 2.19. The van der Waals surface area contributed by atoms with Gasteiger partial charge in [-0.2, -0.15) is 25.7 Å². The first-order valence-electron chi connectivity index (χ1n) is 4.11. The van der Waals surface area contributed by atoms with Gasteiger partial charge in [-0.25, -0.2) is 4.79 Å². The van der Waals surface area contributed by atoms with E-state index in [2.05, 4.69) is 35.6 Å². The quantitative estimate of drug-likeness (QED) is 0.655. The summed E-state index contributed by atoms with van der Waals surface area (Å²) in [6.07, 6.45) is 0. The van der Waals surface area contributed by atoms with Crippen molar-refractivity contribution in [3.63, 3.8) is 0 Å². The van der Waals surface area contributed by atoms with E-state index in [9.17, 15) is 4.79 Å². The molecular formula is C7H8N6O2. The number of aryl methyl sites for hydroxylation is 1. The second-order valence-electron chi connectivity index (χ2n) is 2.77. The number of nitrogens with zero attached hydrogens (tertiary/aromatic N) is 4. The number of rotatable bonds is 2. The molecule has 0 spiro atoms. The number of carbonyl (C=O) groups is 1. The van der Waals surface area contributed by atoms with Gasteiger partial charge in [0.1, 0.15) is 11.4 Å². The second-order valence-corrected chi connectivity index (χ2v) is 2.77. The molecule has 0 unspecified atom stereocenters. The highest BCUT2D eigenvalue weighted by atomic mass is 16.5. The molecule has 0 aliphatic carbocycles. The fourth-order valence-corrected chi connectivity index (χ4v) is 1.14. The molecule has 0 saturated carbocycles. The van der Waals surface area contributed by atoms with Crippen LogP contribution < -0.4 is 0 Å². The predicted octanol–water partition coefficient (Wildman–Crippen LogP) is -0.315. The number of methoxy groups -OCH3 is 1. The zero-order chi connectivity index (χ0) is 10.8. The minimum Gasteiger partial charge on any atom is -0.464 e. The van der Waals surface area contributed by atoms with Crippen molar-refractivity contribution >= 4 is 5.97 Å². The fourth-order valence-electron chi connectivity index (χ4n) is 1.14. The number of hydrogen-bond donors (Lipinski definition) is 2. The lowest BCUT2D eigenvalue weighted by Gasteiger charge is -1.95. The summed E-state index contributed by atoms with van der Waals surface area (Å²) in [7, 11) is 1.27. The molecule has 0 bridgehead atoms. The highest BCUT2D eigenvalue weighted by Gasteiger charge is 2.21. The maximum atomic E-state index is 11.3. The Morgan fingerprint density at radius 2 is 1.80 bits per heavy atom. The molecule has 0 saturated heterocycles. The molecule has 0 radical (unpaired) electrons. The van der Waals surface area contributed by atoms with E-state index in [1.54, 1.807) is 6.92 Å². The molecule has 0 amide bonds. The summed E-state index contributed by atoms with van der Waals surface area (Å²) in [5, 5.41) is 20.0. The number of esters is 1. The Morgan fingerprint density at radius 1 is 1.13 bits per heavy atom. The van der Waals surface area contributed by atoms with Crippen molar-refractivity contribution < 1.29 is 9.53 Å². The van der Waals surface area contributed by atoms with Crippen LogP contribution in [0.3, 0.4) is 0 Å². The molecule has 78 valence electrons. The highest BCUT2D eigenvalue weighted by molar-refractivity contribution is 5.93. The van der Waals surface area contributed by atoms with Crippen molar-refractivity contribution in [2.24, 2.45) is 0 Å². The van der Waals surface area contributed by atoms with E-state index < -0.39 is 5.97 Å². The van der Waals surface area contributed by atoms with Crippen molar-refractivity contribution in [1.29, 1.82) is 0 Å². The van der Waals surface area contributed by atoms with Gasteiger partial charge in [0.2, 0.25) is 0 Å². The van der Waals surface area contributed by atoms with E-state index in [0.29, 0.717) is 17.1 Å². The Morgan fingerprint density at radius 3 is 2.40 bits per heavy atom. The first-order valence-corrected chi connectivity index (χ1v) is 4.11. The van der Waals surface area contributed by atoms with Crippen LogP contribution in [0.15, 0.2) is 0 Å². The third kappa shape index (κ3) is 1.45. The molecule has 15 heavy (non-hydrogen) atoms. The Hall–Kier alpha value is -2.25. The smallest absolute Gasteiger partial charge is 0.361 e. The van der Waals surface area contributed by atoms with E-state index in [1.807, 2.05) is 0 Å². The molecule has 2 aromatic rings. The van der Waals surface area contributed by atoms with Gasteiger partial charge < -0.3 is 4.74 Å². The van der Waals surface area contributed by atoms with Gasteiger partial charge in [0, 0.05) is 0 Å². The summed E-state index contributed by atoms with van der Waals surface area (Å²) in [4.78, 5) is 11.3. The number of ether oxygens (including phenoxy) is 1. The van der Waals surface area contributed by atoms with Crippen molar-refractivity contribution in [3.8, 4) is 11.4 Å². The van der Waals surface area contributed by atoms with Gasteiger partial charge in [-0.3, -0.25) is 0 Å². The van der Waals surface area contributed by atoms with Crippen LogP contribution in [-0.4, -0.2) is 43.9 Å². The molecule has 2 heterocycles. The van der Waals surface area contributed by atoms with Crippen LogP contribution in [0.1, 0.15) is 16.2 Å². The number of aromatic amines is 2. The van der Waals surface area contributed by atoms with Gasteiger partial charge >= 0.3 is 5.97 Å². The van der Waals surface area contributed by atoms with E-state index in [0.717, 1.165) is 0 Å². The molecular weight excluding hydrogens is 200 g/mol. The van der Waals surface area contributed by atoms with E-state index in [1.165, 1.54) is 7.11 Å². The Balaban J connectivity index is 2.50. The van der Waals surface area contributed by atoms with Crippen LogP contribution in [0.25, 0.3) is 11.4 Å².